The van der Waals surface area contributed by atoms with E-state index in [-0.39, 0.29) is 16.5 Å². The molecule has 1 saturated heterocycles. The Hall–Kier alpha value is -2.74. The van der Waals surface area contributed by atoms with E-state index in [1.165, 1.54) is 23.4 Å². The third-order valence-electron chi connectivity index (χ3n) is 6.05. The van der Waals surface area contributed by atoms with Gasteiger partial charge < -0.3 is 25.0 Å². The van der Waals surface area contributed by atoms with E-state index in [0.29, 0.717) is 17.9 Å². The summed E-state index contributed by atoms with van der Waals surface area (Å²) in [6.45, 7) is 6.53. The van der Waals surface area contributed by atoms with Crippen LogP contribution < -0.4 is 10.2 Å². The van der Waals surface area contributed by atoms with E-state index < -0.39 is 0 Å². The fraction of sp³-hybridized carbons (Fsp3) is 0.348. The first-order valence-electron chi connectivity index (χ1n) is 10.5. The maximum absolute atomic E-state index is 10.3. The van der Waals surface area contributed by atoms with Crippen molar-refractivity contribution >= 4 is 17.3 Å². The maximum Gasteiger partial charge on any atom is 0.175 e. The molecule has 3 heterocycles. The van der Waals surface area contributed by atoms with E-state index in [0.717, 1.165) is 56.9 Å². The van der Waals surface area contributed by atoms with E-state index in [1.54, 1.807) is 0 Å². The van der Waals surface area contributed by atoms with Crippen LogP contribution in [0.2, 0.25) is 5.02 Å². The van der Waals surface area contributed by atoms with Crippen LogP contribution >= 0.6 is 11.6 Å². The van der Waals surface area contributed by atoms with Crippen LogP contribution in [0.1, 0.15) is 16.8 Å². The lowest BCUT2D eigenvalue weighted by molar-refractivity contribution is 0.245. The predicted molar refractivity (Wildman–Crippen MR) is 120 cm³/mol. The summed E-state index contributed by atoms with van der Waals surface area (Å²) in [4.78, 5) is 4.76. The number of anilines is 1. The number of hydrogen-bond donors (Lipinski definition) is 3. The van der Waals surface area contributed by atoms with Gasteiger partial charge in [-0.05, 0) is 23.8 Å². The summed E-state index contributed by atoms with van der Waals surface area (Å²) in [6.07, 6.45) is 0.782. The molecule has 162 valence electrons. The third kappa shape index (κ3) is 4.08. The van der Waals surface area contributed by atoms with Gasteiger partial charge in [-0.25, -0.2) is 0 Å². The SMILES string of the molecule is Oc1cc(O)c(-c2onc3c2CN(Cc2ccc(N4CCNCC4)cc2)CC3)cc1Cl. The number of rotatable bonds is 4. The molecule has 0 unspecified atom stereocenters. The van der Waals surface area contributed by atoms with Crippen molar-refractivity contribution in [2.45, 2.75) is 19.5 Å². The Labute approximate surface area is 185 Å². The summed E-state index contributed by atoms with van der Waals surface area (Å²) >= 11 is 6.05. The zero-order valence-corrected chi connectivity index (χ0v) is 17.9. The predicted octanol–water partition coefficient (Wildman–Crippen LogP) is 3.37. The number of nitrogens with zero attached hydrogens (tertiary/aromatic N) is 3. The molecule has 0 radical (unpaired) electrons. The summed E-state index contributed by atoms with van der Waals surface area (Å²) in [7, 11) is 0. The molecule has 1 aromatic heterocycles. The second-order valence-electron chi connectivity index (χ2n) is 8.12. The van der Waals surface area contributed by atoms with Crippen molar-refractivity contribution in [3.63, 3.8) is 0 Å². The third-order valence-corrected chi connectivity index (χ3v) is 6.35. The lowest BCUT2D eigenvalue weighted by atomic mass is 10.0. The fourth-order valence-electron chi connectivity index (χ4n) is 4.34. The summed E-state index contributed by atoms with van der Waals surface area (Å²) in [5, 5.41) is 27.8. The van der Waals surface area contributed by atoms with Crippen molar-refractivity contribution in [2.24, 2.45) is 0 Å². The average Bonchev–Trinajstić information content (AvgIpc) is 3.20. The highest BCUT2D eigenvalue weighted by atomic mass is 35.5. The van der Waals surface area contributed by atoms with E-state index in [2.05, 4.69) is 44.5 Å². The Morgan fingerprint density at radius 3 is 2.58 bits per heavy atom. The van der Waals surface area contributed by atoms with Crippen LogP contribution in [0.25, 0.3) is 11.3 Å². The highest BCUT2D eigenvalue weighted by Gasteiger charge is 2.27. The Morgan fingerprint density at radius 2 is 1.81 bits per heavy atom. The zero-order chi connectivity index (χ0) is 21.4. The van der Waals surface area contributed by atoms with Crippen LogP contribution in [0.3, 0.4) is 0 Å². The van der Waals surface area contributed by atoms with Crippen molar-refractivity contribution in [3.8, 4) is 22.8 Å². The van der Waals surface area contributed by atoms with E-state index >= 15 is 0 Å². The Bertz CT molecular complexity index is 1080. The molecule has 0 spiro atoms. The number of aromatic nitrogens is 1. The van der Waals surface area contributed by atoms with Gasteiger partial charge in [0.1, 0.15) is 11.5 Å². The second kappa shape index (κ2) is 8.42. The van der Waals surface area contributed by atoms with E-state index in [4.69, 9.17) is 16.1 Å². The van der Waals surface area contributed by atoms with Gasteiger partial charge in [-0.3, -0.25) is 4.90 Å². The van der Waals surface area contributed by atoms with Gasteiger partial charge >= 0.3 is 0 Å². The minimum absolute atomic E-state index is 0.0820. The molecule has 0 saturated carbocycles. The second-order valence-corrected chi connectivity index (χ2v) is 8.53. The molecule has 7 nitrogen and oxygen atoms in total. The van der Waals surface area contributed by atoms with Crippen LogP contribution in [0.5, 0.6) is 11.5 Å². The summed E-state index contributed by atoms with van der Waals surface area (Å²) in [6, 6.07) is 11.6. The number of aromatic hydroxyl groups is 2. The largest absolute Gasteiger partial charge is 0.507 e. The van der Waals surface area contributed by atoms with Crippen LogP contribution in [0.15, 0.2) is 40.9 Å². The molecule has 0 atom stereocenters. The molecule has 1 fully saturated rings. The molecule has 5 rings (SSSR count). The maximum atomic E-state index is 10.3. The molecule has 2 aliphatic heterocycles. The number of benzene rings is 2. The van der Waals surface area contributed by atoms with Crippen molar-refractivity contribution < 1.29 is 14.7 Å². The number of phenols is 2. The van der Waals surface area contributed by atoms with Crippen LogP contribution in [-0.2, 0) is 19.5 Å². The van der Waals surface area contributed by atoms with Crippen molar-refractivity contribution in [2.75, 3.05) is 37.6 Å². The zero-order valence-electron chi connectivity index (χ0n) is 17.1. The lowest BCUT2D eigenvalue weighted by Gasteiger charge is -2.30. The standard InChI is InChI=1S/C23H25ClN4O3/c24-19-11-17(21(29)12-22(19)30)23-18-14-27(8-5-20(18)26-31-23)13-15-1-3-16(4-2-15)28-9-6-25-7-10-28/h1-4,11-12,25,29-30H,5-10,13-14H2. The fourth-order valence-corrected chi connectivity index (χ4v) is 4.50. The molecular weight excluding hydrogens is 416 g/mol. The number of phenolic OH excluding ortho intramolecular Hbond substituents is 2. The van der Waals surface area contributed by atoms with Crippen LogP contribution in [0, 0.1) is 0 Å². The molecule has 0 bridgehead atoms. The van der Waals surface area contributed by atoms with E-state index in [9.17, 15) is 10.2 Å². The summed E-state index contributed by atoms with van der Waals surface area (Å²) in [5.74, 6) is 0.261. The summed E-state index contributed by atoms with van der Waals surface area (Å²) < 4.78 is 5.57. The van der Waals surface area contributed by atoms with Gasteiger partial charge in [0.05, 0.1) is 16.3 Å². The average molecular weight is 441 g/mol. The molecule has 0 aliphatic carbocycles. The summed E-state index contributed by atoms with van der Waals surface area (Å²) in [5.41, 5.74) is 4.84. The van der Waals surface area contributed by atoms with Gasteiger partial charge in [0.2, 0.25) is 0 Å². The molecule has 3 N–H and O–H groups in total. The molecule has 2 aromatic carbocycles. The number of halogens is 1. The number of nitrogens with one attached hydrogen (secondary N) is 1. The molecule has 0 amide bonds. The first kappa shape index (κ1) is 20.2. The minimum Gasteiger partial charge on any atom is -0.507 e. The molecular formula is C23H25ClN4O3. The van der Waals surface area contributed by atoms with Crippen molar-refractivity contribution in [3.05, 3.63) is 58.2 Å². The Morgan fingerprint density at radius 1 is 1.03 bits per heavy atom. The minimum atomic E-state index is -0.165. The normalized spacial score (nSPS) is 17.0. The van der Waals surface area contributed by atoms with Gasteiger partial charge in [-0.1, -0.05) is 28.9 Å². The van der Waals surface area contributed by atoms with Gasteiger partial charge in [-0.15, -0.1) is 0 Å². The molecule has 8 heteroatoms. The van der Waals surface area contributed by atoms with Crippen LogP contribution in [-0.4, -0.2) is 53.0 Å². The van der Waals surface area contributed by atoms with Gasteiger partial charge in [0, 0.05) is 69.6 Å². The van der Waals surface area contributed by atoms with Gasteiger partial charge in [0.25, 0.3) is 0 Å². The number of piperazine rings is 1. The first-order chi connectivity index (χ1) is 15.1. The Kier molecular flexibility index (Phi) is 5.48. The quantitative estimate of drug-likeness (QED) is 0.573. The first-order valence-corrected chi connectivity index (χ1v) is 10.9. The number of hydrogen-bond acceptors (Lipinski definition) is 7. The molecule has 2 aliphatic rings. The number of fused-ring (bicyclic) bond motifs is 1. The lowest BCUT2D eigenvalue weighted by Crippen LogP contribution is -2.43. The Balaban J connectivity index is 1.32. The highest BCUT2D eigenvalue weighted by molar-refractivity contribution is 6.32. The van der Waals surface area contributed by atoms with Gasteiger partial charge in [-0.2, -0.15) is 0 Å². The van der Waals surface area contributed by atoms with E-state index in [1.807, 2.05) is 0 Å². The van der Waals surface area contributed by atoms with Gasteiger partial charge in [0.15, 0.2) is 5.76 Å². The monoisotopic (exact) mass is 440 g/mol. The topological polar surface area (TPSA) is 85.0 Å². The van der Waals surface area contributed by atoms with Crippen molar-refractivity contribution in [1.29, 1.82) is 0 Å². The smallest absolute Gasteiger partial charge is 0.175 e. The molecule has 3 aromatic rings. The van der Waals surface area contributed by atoms with Crippen molar-refractivity contribution in [1.82, 2.24) is 15.4 Å². The highest BCUT2D eigenvalue weighted by Crippen LogP contribution is 2.40. The van der Waals surface area contributed by atoms with Crippen LogP contribution in [0.4, 0.5) is 5.69 Å². The molecule has 31 heavy (non-hydrogen) atoms.